The van der Waals surface area contributed by atoms with Crippen molar-refractivity contribution in [1.29, 1.82) is 0 Å². The van der Waals surface area contributed by atoms with E-state index in [2.05, 4.69) is 19.1 Å². The van der Waals surface area contributed by atoms with E-state index in [1.807, 2.05) is 18.2 Å². The number of benzene rings is 1. The van der Waals surface area contributed by atoms with Gasteiger partial charge < -0.3 is 4.43 Å². The first-order chi connectivity index (χ1) is 7.24. The summed E-state index contributed by atoms with van der Waals surface area (Å²) in [4.78, 5) is 11.0. The molecule has 0 aromatic heterocycles. The molecule has 1 rings (SSSR count). The van der Waals surface area contributed by atoms with Gasteiger partial charge in [0, 0.05) is 6.92 Å². The number of hydrogen-bond acceptors (Lipinski definition) is 2. The van der Waals surface area contributed by atoms with Gasteiger partial charge in [0.2, 0.25) is 0 Å². The first kappa shape index (κ1) is 12.0. The third kappa shape index (κ3) is 4.30. The van der Waals surface area contributed by atoms with Gasteiger partial charge in [-0.15, -0.1) is 0 Å². The van der Waals surface area contributed by atoms with Crippen molar-refractivity contribution in [3.05, 3.63) is 30.3 Å². The smallest absolute Gasteiger partial charge is 0.289 e. The van der Waals surface area contributed by atoms with Crippen molar-refractivity contribution in [2.24, 2.45) is 0 Å². The van der Waals surface area contributed by atoms with Gasteiger partial charge in [-0.25, -0.2) is 0 Å². The molecule has 1 unspecified atom stereocenters. The highest BCUT2D eigenvalue weighted by atomic mass is 28.3. The third-order valence-electron chi connectivity index (χ3n) is 2.30. The molecule has 0 bridgehead atoms. The van der Waals surface area contributed by atoms with Crippen LogP contribution in [0.5, 0.6) is 0 Å². The lowest BCUT2D eigenvalue weighted by Gasteiger charge is -2.15. The highest BCUT2D eigenvalue weighted by Crippen LogP contribution is 2.04. The molecule has 82 valence electrons. The van der Waals surface area contributed by atoms with Crippen LogP contribution in [0.25, 0.3) is 0 Å². The summed E-state index contributed by atoms with van der Waals surface area (Å²) in [5, 5.41) is 1.22. The average molecular weight is 222 g/mol. The summed E-state index contributed by atoms with van der Waals surface area (Å²) in [6.45, 7) is 3.65. The molecule has 1 atom stereocenters. The Morgan fingerprint density at radius 3 is 2.53 bits per heavy atom. The number of hydrogen-bond donors (Lipinski definition) is 0. The van der Waals surface area contributed by atoms with Crippen LogP contribution in [0.4, 0.5) is 0 Å². The van der Waals surface area contributed by atoms with Crippen LogP contribution >= 0.6 is 0 Å². The Morgan fingerprint density at radius 2 is 2.00 bits per heavy atom. The van der Waals surface area contributed by atoms with Gasteiger partial charge in [0.1, 0.15) is 0 Å². The molecule has 0 radical (unpaired) electrons. The Bertz CT molecular complexity index is 298. The van der Waals surface area contributed by atoms with Gasteiger partial charge in [-0.1, -0.05) is 50.1 Å². The van der Waals surface area contributed by atoms with Gasteiger partial charge in [0.15, 0.2) is 0 Å². The van der Waals surface area contributed by atoms with Crippen LogP contribution in [-0.4, -0.2) is 15.0 Å². The molecule has 15 heavy (non-hydrogen) atoms. The van der Waals surface area contributed by atoms with Crippen molar-refractivity contribution >= 4 is 20.2 Å². The lowest BCUT2D eigenvalue weighted by molar-refractivity contribution is -0.132. The average Bonchev–Trinajstić information content (AvgIpc) is 2.25. The van der Waals surface area contributed by atoms with Crippen LogP contribution in [0.2, 0.25) is 6.04 Å². The van der Waals surface area contributed by atoms with Crippen molar-refractivity contribution in [3.8, 4) is 0 Å². The topological polar surface area (TPSA) is 26.3 Å². The zero-order valence-corrected chi connectivity index (χ0v) is 10.6. The number of unbranched alkanes of at least 4 members (excludes halogenated alkanes) is 1. The first-order valence-corrected chi connectivity index (χ1v) is 7.32. The standard InChI is InChI=1S/C12H18O2Si/c1-3-4-10-15(14-11(2)13)12-8-6-5-7-9-12/h5-9,15H,3-4,10H2,1-2H3. The molecular weight excluding hydrogens is 204 g/mol. The fraction of sp³-hybridized carbons (Fsp3) is 0.417. The summed E-state index contributed by atoms with van der Waals surface area (Å²) in [5.74, 6) is -0.147. The summed E-state index contributed by atoms with van der Waals surface area (Å²) in [6, 6.07) is 11.2. The summed E-state index contributed by atoms with van der Waals surface area (Å²) in [5.41, 5.74) is 0. The van der Waals surface area contributed by atoms with Crippen molar-refractivity contribution in [2.45, 2.75) is 32.7 Å². The van der Waals surface area contributed by atoms with E-state index in [4.69, 9.17) is 4.43 Å². The van der Waals surface area contributed by atoms with Crippen LogP contribution in [0.1, 0.15) is 26.7 Å². The van der Waals surface area contributed by atoms with Crippen molar-refractivity contribution in [2.75, 3.05) is 0 Å². The molecule has 1 aromatic rings. The molecule has 0 spiro atoms. The lowest BCUT2D eigenvalue weighted by atomic mass is 10.4. The molecular formula is C12H18O2Si. The molecule has 0 N–H and O–H groups in total. The van der Waals surface area contributed by atoms with E-state index in [-0.39, 0.29) is 5.97 Å². The molecule has 0 aliphatic carbocycles. The molecule has 0 saturated carbocycles. The van der Waals surface area contributed by atoms with E-state index >= 15 is 0 Å². The number of rotatable bonds is 5. The van der Waals surface area contributed by atoms with Crippen molar-refractivity contribution in [3.63, 3.8) is 0 Å². The highest BCUT2D eigenvalue weighted by Gasteiger charge is 2.16. The molecule has 0 amide bonds. The third-order valence-corrected chi connectivity index (χ3v) is 4.98. The molecule has 0 aliphatic heterocycles. The Kier molecular flexibility index (Phi) is 5.11. The Labute approximate surface area is 93.0 Å². The normalized spacial score (nSPS) is 12.1. The summed E-state index contributed by atoms with van der Waals surface area (Å²) >= 11 is 0. The lowest BCUT2D eigenvalue weighted by Crippen LogP contribution is -2.34. The predicted octanol–water partition coefficient (Wildman–Crippen LogP) is 1.98. The van der Waals surface area contributed by atoms with Crippen LogP contribution in [0.15, 0.2) is 30.3 Å². The molecule has 0 aliphatic rings. The van der Waals surface area contributed by atoms with Gasteiger partial charge in [-0.3, -0.25) is 4.79 Å². The highest BCUT2D eigenvalue weighted by molar-refractivity contribution is 6.68. The molecule has 0 fully saturated rings. The van der Waals surface area contributed by atoms with Crippen molar-refractivity contribution in [1.82, 2.24) is 0 Å². The maximum atomic E-state index is 11.0. The second-order valence-electron chi connectivity index (χ2n) is 3.65. The second-order valence-corrected chi connectivity index (χ2v) is 6.11. The maximum Gasteiger partial charge on any atom is 0.289 e. The molecule has 3 heteroatoms. The molecule has 0 saturated heterocycles. The predicted molar refractivity (Wildman–Crippen MR) is 64.7 cm³/mol. The van der Waals surface area contributed by atoms with E-state index in [1.165, 1.54) is 12.1 Å². The summed E-state index contributed by atoms with van der Waals surface area (Å²) in [7, 11) is -1.52. The molecule has 2 nitrogen and oxygen atoms in total. The van der Waals surface area contributed by atoms with Crippen LogP contribution in [0.3, 0.4) is 0 Å². The summed E-state index contributed by atoms with van der Waals surface area (Å²) < 4.78 is 5.44. The zero-order valence-electron chi connectivity index (χ0n) is 9.40. The number of carbonyl (C=O) groups excluding carboxylic acids is 1. The quantitative estimate of drug-likeness (QED) is 0.712. The minimum absolute atomic E-state index is 0.147. The first-order valence-electron chi connectivity index (χ1n) is 5.46. The maximum absolute atomic E-state index is 11.0. The van der Waals surface area contributed by atoms with E-state index in [1.54, 1.807) is 0 Å². The van der Waals surface area contributed by atoms with Gasteiger partial charge in [0.05, 0.1) is 0 Å². The Balaban J connectivity index is 2.67. The monoisotopic (exact) mass is 222 g/mol. The van der Waals surface area contributed by atoms with E-state index in [0.717, 1.165) is 18.9 Å². The largest absolute Gasteiger partial charge is 0.518 e. The van der Waals surface area contributed by atoms with E-state index in [0.29, 0.717) is 0 Å². The van der Waals surface area contributed by atoms with Crippen molar-refractivity contribution < 1.29 is 9.22 Å². The van der Waals surface area contributed by atoms with Crippen LogP contribution < -0.4 is 5.19 Å². The van der Waals surface area contributed by atoms with Gasteiger partial charge in [-0.2, -0.15) is 0 Å². The Morgan fingerprint density at radius 1 is 1.33 bits per heavy atom. The molecule has 0 heterocycles. The van der Waals surface area contributed by atoms with Gasteiger partial charge in [-0.05, 0) is 11.2 Å². The molecule has 1 aromatic carbocycles. The summed E-state index contributed by atoms with van der Waals surface area (Å²) in [6.07, 6.45) is 2.29. The fourth-order valence-electron chi connectivity index (χ4n) is 1.55. The minimum Gasteiger partial charge on any atom is -0.518 e. The Hall–Kier alpha value is -1.09. The van der Waals surface area contributed by atoms with E-state index < -0.39 is 9.04 Å². The minimum atomic E-state index is -1.52. The zero-order chi connectivity index (χ0) is 11.1. The van der Waals surface area contributed by atoms with E-state index in [9.17, 15) is 4.79 Å². The van der Waals surface area contributed by atoms with Crippen LogP contribution in [0, 0.1) is 0 Å². The SMILES string of the molecule is CCCC[SiH](OC(C)=O)c1ccccc1. The fourth-order valence-corrected chi connectivity index (χ4v) is 3.97. The second kappa shape index (κ2) is 6.40. The van der Waals surface area contributed by atoms with Gasteiger partial charge in [0.25, 0.3) is 15.0 Å². The van der Waals surface area contributed by atoms with Gasteiger partial charge >= 0.3 is 0 Å². The van der Waals surface area contributed by atoms with Crippen LogP contribution in [-0.2, 0) is 9.22 Å². The number of carbonyl (C=O) groups is 1.